The van der Waals surface area contributed by atoms with Crippen molar-refractivity contribution in [1.82, 2.24) is 0 Å². The van der Waals surface area contributed by atoms with E-state index in [2.05, 4.69) is 15.9 Å². The zero-order valence-corrected chi connectivity index (χ0v) is 9.66. The Balaban J connectivity index is 0.00000144. The van der Waals surface area contributed by atoms with Crippen molar-refractivity contribution < 1.29 is 4.39 Å². The first-order valence-corrected chi connectivity index (χ1v) is 4.65. The minimum atomic E-state index is -0.248. The average Bonchev–Trinajstić information content (AvgIpc) is 2.08. The fourth-order valence-corrected chi connectivity index (χ4v) is 1.38. The van der Waals surface area contributed by atoms with Crippen molar-refractivity contribution in [1.29, 1.82) is 0 Å². The first-order chi connectivity index (χ1) is 5.65. The standard InChI is InChI=1S/C9H11BrFN.ClH/c1-2-9(12)6-3-4-8(11)7(10)5-6;/h3-5,9H,2,12H2,1H3;1H/t9-;/m0./s1. The largest absolute Gasteiger partial charge is 0.324 e. The molecular weight excluding hydrogens is 256 g/mol. The zero-order chi connectivity index (χ0) is 9.14. The highest BCUT2D eigenvalue weighted by molar-refractivity contribution is 9.10. The van der Waals surface area contributed by atoms with Crippen LogP contribution in [0.5, 0.6) is 0 Å². The predicted molar refractivity (Wildman–Crippen MR) is 58.6 cm³/mol. The molecule has 0 radical (unpaired) electrons. The van der Waals surface area contributed by atoms with Crippen LogP contribution in [-0.2, 0) is 0 Å². The van der Waals surface area contributed by atoms with E-state index < -0.39 is 0 Å². The molecule has 0 saturated heterocycles. The van der Waals surface area contributed by atoms with Gasteiger partial charge in [0.25, 0.3) is 0 Å². The molecule has 2 N–H and O–H groups in total. The van der Waals surface area contributed by atoms with Gasteiger partial charge in [0, 0.05) is 6.04 Å². The SMILES string of the molecule is CC[C@H](N)c1ccc(F)c(Br)c1.Cl. The van der Waals surface area contributed by atoms with Gasteiger partial charge in [0.1, 0.15) is 5.82 Å². The maximum Gasteiger partial charge on any atom is 0.137 e. The molecule has 0 aliphatic rings. The van der Waals surface area contributed by atoms with Crippen molar-refractivity contribution >= 4 is 28.3 Å². The minimum Gasteiger partial charge on any atom is -0.324 e. The molecule has 1 atom stereocenters. The van der Waals surface area contributed by atoms with Crippen LogP contribution < -0.4 is 5.73 Å². The Morgan fingerprint density at radius 2 is 2.15 bits per heavy atom. The van der Waals surface area contributed by atoms with Gasteiger partial charge in [-0.25, -0.2) is 4.39 Å². The van der Waals surface area contributed by atoms with Gasteiger partial charge in [0.05, 0.1) is 4.47 Å². The van der Waals surface area contributed by atoms with Gasteiger partial charge in [0.2, 0.25) is 0 Å². The molecule has 1 aromatic carbocycles. The van der Waals surface area contributed by atoms with Gasteiger partial charge in [-0.3, -0.25) is 0 Å². The number of nitrogens with two attached hydrogens (primary N) is 1. The van der Waals surface area contributed by atoms with E-state index in [0.29, 0.717) is 4.47 Å². The van der Waals surface area contributed by atoms with Gasteiger partial charge in [-0.05, 0) is 40.0 Å². The van der Waals surface area contributed by atoms with E-state index in [1.165, 1.54) is 6.07 Å². The summed E-state index contributed by atoms with van der Waals surface area (Å²) in [5.41, 5.74) is 6.73. The van der Waals surface area contributed by atoms with Gasteiger partial charge in [0.15, 0.2) is 0 Å². The molecule has 0 aliphatic carbocycles. The van der Waals surface area contributed by atoms with Crippen LogP contribution in [0.3, 0.4) is 0 Å². The summed E-state index contributed by atoms with van der Waals surface area (Å²) in [7, 11) is 0. The lowest BCUT2D eigenvalue weighted by molar-refractivity contribution is 0.616. The predicted octanol–water partition coefficient (Wildman–Crippen LogP) is 3.42. The number of hydrogen-bond donors (Lipinski definition) is 1. The van der Waals surface area contributed by atoms with Crippen molar-refractivity contribution in [2.75, 3.05) is 0 Å². The van der Waals surface area contributed by atoms with E-state index in [4.69, 9.17) is 5.73 Å². The molecule has 0 unspecified atom stereocenters. The summed E-state index contributed by atoms with van der Waals surface area (Å²) in [6.07, 6.45) is 0.859. The van der Waals surface area contributed by atoms with Gasteiger partial charge in [-0.1, -0.05) is 13.0 Å². The Bertz CT molecular complexity index is 280. The fraction of sp³-hybridized carbons (Fsp3) is 0.333. The molecule has 0 saturated carbocycles. The highest BCUT2D eigenvalue weighted by Gasteiger charge is 2.05. The summed E-state index contributed by atoms with van der Waals surface area (Å²) in [6.45, 7) is 2.00. The van der Waals surface area contributed by atoms with Crippen LogP contribution in [0.2, 0.25) is 0 Å². The first-order valence-electron chi connectivity index (χ1n) is 3.85. The molecule has 0 aromatic heterocycles. The highest BCUT2D eigenvalue weighted by atomic mass is 79.9. The number of benzene rings is 1. The molecule has 1 rings (SSSR count). The molecule has 0 bridgehead atoms. The van der Waals surface area contributed by atoms with Crippen LogP contribution in [0.4, 0.5) is 4.39 Å². The molecule has 74 valence electrons. The molecule has 0 amide bonds. The number of rotatable bonds is 2. The van der Waals surface area contributed by atoms with Crippen molar-refractivity contribution in [3.8, 4) is 0 Å². The Kier molecular flexibility index (Phi) is 5.53. The quantitative estimate of drug-likeness (QED) is 0.874. The van der Waals surface area contributed by atoms with Crippen LogP contribution in [0.15, 0.2) is 22.7 Å². The number of hydrogen-bond acceptors (Lipinski definition) is 1. The second kappa shape index (κ2) is 5.58. The molecule has 0 spiro atoms. The van der Waals surface area contributed by atoms with Gasteiger partial charge in [-0.2, -0.15) is 0 Å². The van der Waals surface area contributed by atoms with E-state index in [-0.39, 0.29) is 24.3 Å². The lowest BCUT2D eigenvalue weighted by atomic mass is 10.1. The van der Waals surface area contributed by atoms with E-state index >= 15 is 0 Å². The summed E-state index contributed by atoms with van der Waals surface area (Å²) in [6, 6.07) is 4.87. The monoisotopic (exact) mass is 267 g/mol. The number of halogens is 3. The molecule has 0 aliphatic heterocycles. The van der Waals surface area contributed by atoms with Gasteiger partial charge < -0.3 is 5.73 Å². The maximum atomic E-state index is 12.8. The summed E-state index contributed by atoms with van der Waals surface area (Å²) >= 11 is 3.11. The van der Waals surface area contributed by atoms with E-state index in [0.717, 1.165) is 12.0 Å². The average molecular weight is 269 g/mol. The summed E-state index contributed by atoms with van der Waals surface area (Å²) in [5, 5.41) is 0. The van der Waals surface area contributed by atoms with Crippen molar-refractivity contribution in [2.45, 2.75) is 19.4 Å². The summed E-state index contributed by atoms with van der Waals surface area (Å²) < 4.78 is 13.3. The highest BCUT2D eigenvalue weighted by Crippen LogP contribution is 2.21. The third-order valence-electron chi connectivity index (χ3n) is 1.81. The molecule has 13 heavy (non-hydrogen) atoms. The Morgan fingerprint density at radius 3 is 2.62 bits per heavy atom. The fourth-order valence-electron chi connectivity index (χ4n) is 0.979. The summed E-state index contributed by atoms with van der Waals surface area (Å²) in [4.78, 5) is 0. The van der Waals surface area contributed by atoms with Gasteiger partial charge in [-0.15, -0.1) is 12.4 Å². The van der Waals surface area contributed by atoms with Crippen LogP contribution in [0.1, 0.15) is 24.9 Å². The minimum absolute atomic E-state index is 0. The Hall–Kier alpha value is -0.120. The third kappa shape index (κ3) is 3.25. The Morgan fingerprint density at radius 1 is 1.54 bits per heavy atom. The second-order valence-electron chi connectivity index (χ2n) is 2.69. The molecule has 0 heterocycles. The second-order valence-corrected chi connectivity index (χ2v) is 3.54. The van der Waals surface area contributed by atoms with E-state index in [1.807, 2.05) is 6.92 Å². The maximum absolute atomic E-state index is 12.8. The van der Waals surface area contributed by atoms with Crippen LogP contribution in [0.25, 0.3) is 0 Å². The third-order valence-corrected chi connectivity index (χ3v) is 2.42. The smallest absolute Gasteiger partial charge is 0.137 e. The summed E-state index contributed by atoms with van der Waals surface area (Å²) in [5.74, 6) is -0.248. The lowest BCUT2D eigenvalue weighted by Crippen LogP contribution is -2.08. The van der Waals surface area contributed by atoms with Crippen LogP contribution in [-0.4, -0.2) is 0 Å². The Labute approximate surface area is 92.1 Å². The molecular formula is C9H12BrClFN. The van der Waals surface area contributed by atoms with Crippen molar-refractivity contribution in [2.24, 2.45) is 5.73 Å². The lowest BCUT2D eigenvalue weighted by Gasteiger charge is -2.09. The first kappa shape index (κ1) is 12.9. The van der Waals surface area contributed by atoms with Gasteiger partial charge >= 0.3 is 0 Å². The molecule has 0 fully saturated rings. The van der Waals surface area contributed by atoms with Crippen molar-refractivity contribution in [3.05, 3.63) is 34.1 Å². The molecule has 1 nitrogen and oxygen atoms in total. The van der Waals surface area contributed by atoms with Crippen molar-refractivity contribution in [3.63, 3.8) is 0 Å². The topological polar surface area (TPSA) is 26.0 Å². The zero-order valence-electron chi connectivity index (χ0n) is 7.26. The van der Waals surface area contributed by atoms with Crippen LogP contribution in [0, 0.1) is 5.82 Å². The van der Waals surface area contributed by atoms with E-state index in [9.17, 15) is 4.39 Å². The van der Waals surface area contributed by atoms with E-state index in [1.54, 1.807) is 12.1 Å². The molecule has 4 heteroatoms. The molecule has 1 aromatic rings. The normalized spacial score (nSPS) is 12.0. The van der Waals surface area contributed by atoms with Crippen LogP contribution >= 0.6 is 28.3 Å².